The molecule has 1 atom stereocenters. The van der Waals surface area contributed by atoms with Gasteiger partial charge in [0.1, 0.15) is 0 Å². The average molecular weight is 416 g/mol. The normalized spacial score (nSPS) is 11.8. The predicted octanol–water partition coefficient (Wildman–Crippen LogP) is 3.60. The number of carbonyl (C=O) groups excluding carboxylic acids is 2. The third-order valence-corrected chi connectivity index (χ3v) is 4.62. The van der Waals surface area contributed by atoms with Crippen LogP contribution in [0.5, 0.6) is 0 Å². The summed E-state index contributed by atoms with van der Waals surface area (Å²) in [6.07, 6.45) is -1.49. The van der Waals surface area contributed by atoms with E-state index in [1.54, 1.807) is 55.5 Å². The van der Waals surface area contributed by atoms with Gasteiger partial charge in [-0.05, 0) is 37.3 Å². The van der Waals surface area contributed by atoms with Gasteiger partial charge in [0.25, 0.3) is 0 Å². The summed E-state index contributed by atoms with van der Waals surface area (Å²) in [5.74, 6) is -2.29. The highest BCUT2D eigenvalue weighted by Crippen LogP contribution is 2.32. The van der Waals surface area contributed by atoms with Crippen molar-refractivity contribution < 1.29 is 29.1 Å². The lowest BCUT2D eigenvalue weighted by Gasteiger charge is -2.14. The molecule has 0 aliphatic heterocycles. The number of carboxylic acid groups (broad SMARTS) is 1. The second kappa shape index (κ2) is 8.36. The molecule has 2 aromatic carbocycles. The maximum absolute atomic E-state index is 12.4. The standard InChI is InChI=1S/C21H18ClNO6/c1-12-19(20(21(26)27)29-13(2)24)16-5-3-4-6-17(16)23(12)28-11-18(25)14-7-9-15(22)10-8-14/h3-10,20H,11H2,1-2H3,(H,26,27). The molecule has 3 rings (SSSR count). The molecule has 29 heavy (non-hydrogen) atoms. The van der Waals surface area contributed by atoms with E-state index >= 15 is 0 Å². The van der Waals surface area contributed by atoms with Gasteiger partial charge in [0.05, 0.1) is 11.2 Å². The summed E-state index contributed by atoms with van der Waals surface area (Å²) in [4.78, 5) is 41.3. The quantitative estimate of drug-likeness (QED) is 0.468. The smallest absolute Gasteiger partial charge is 0.349 e. The molecule has 0 spiro atoms. The summed E-state index contributed by atoms with van der Waals surface area (Å²) in [5.41, 5.74) is 1.71. The third-order valence-electron chi connectivity index (χ3n) is 4.37. The topological polar surface area (TPSA) is 94.8 Å². The molecule has 1 unspecified atom stereocenters. The van der Waals surface area contributed by atoms with Crippen LogP contribution in [0.1, 0.15) is 34.6 Å². The lowest BCUT2D eigenvalue weighted by molar-refractivity contribution is -0.163. The Bertz CT molecular complexity index is 1090. The van der Waals surface area contributed by atoms with Gasteiger partial charge in [-0.3, -0.25) is 9.59 Å². The molecule has 0 fully saturated rings. The van der Waals surface area contributed by atoms with Crippen LogP contribution in [0.4, 0.5) is 0 Å². The van der Waals surface area contributed by atoms with Crippen molar-refractivity contribution in [1.29, 1.82) is 0 Å². The fraction of sp³-hybridized carbons (Fsp3) is 0.190. The van der Waals surface area contributed by atoms with E-state index in [1.165, 1.54) is 4.73 Å². The molecule has 0 amide bonds. The number of carbonyl (C=O) groups is 3. The van der Waals surface area contributed by atoms with E-state index < -0.39 is 18.0 Å². The van der Waals surface area contributed by atoms with Crippen LogP contribution in [0.3, 0.4) is 0 Å². The maximum Gasteiger partial charge on any atom is 0.349 e. The van der Waals surface area contributed by atoms with Crippen molar-refractivity contribution in [3.8, 4) is 0 Å². The van der Waals surface area contributed by atoms with Crippen molar-refractivity contribution in [2.24, 2.45) is 0 Å². The summed E-state index contributed by atoms with van der Waals surface area (Å²) in [7, 11) is 0. The van der Waals surface area contributed by atoms with Gasteiger partial charge in [-0.1, -0.05) is 29.8 Å². The Morgan fingerprint density at radius 1 is 1.10 bits per heavy atom. The number of Topliss-reactive ketones (excluding diaryl/α,β-unsaturated/α-hetero) is 1. The maximum atomic E-state index is 12.4. The van der Waals surface area contributed by atoms with Crippen LogP contribution in [0.2, 0.25) is 5.02 Å². The van der Waals surface area contributed by atoms with Crippen LogP contribution in [-0.2, 0) is 14.3 Å². The van der Waals surface area contributed by atoms with E-state index in [1.807, 2.05) is 0 Å². The SMILES string of the molecule is CC(=O)OC(C(=O)O)c1c(C)n(OCC(=O)c2ccc(Cl)cc2)c2ccccc12. The molecule has 0 saturated heterocycles. The summed E-state index contributed by atoms with van der Waals surface area (Å²) in [6.45, 7) is 2.51. The largest absolute Gasteiger partial charge is 0.478 e. The Morgan fingerprint density at radius 2 is 1.76 bits per heavy atom. The minimum Gasteiger partial charge on any atom is -0.478 e. The second-order valence-electron chi connectivity index (χ2n) is 6.34. The number of para-hydroxylation sites is 1. The molecule has 1 aromatic heterocycles. The Hall–Kier alpha value is -3.32. The molecule has 150 valence electrons. The Morgan fingerprint density at radius 3 is 2.38 bits per heavy atom. The number of fused-ring (bicyclic) bond motifs is 1. The zero-order valence-electron chi connectivity index (χ0n) is 15.7. The van der Waals surface area contributed by atoms with Crippen molar-refractivity contribution in [3.05, 3.63) is 70.4 Å². The van der Waals surface area contributed by atoms with Crippen molar-refractivity contribution >= 4 is 40.2 Å². The van der Waals surface area contributed by atoms with Gasteiger partial charge < -0.3 is 14.7 Å². The van der Waals surface area contributed by atoms with E-state index in [0.29, 0.717) is 32.7 Å². The molecular weight excluding hydrogens is 398 g/mol. The second-order valence-corrected chi connectivity index (χ2v) is 6.78. The molecule has 1 heterocycles. The highest BCUT2D eigenvalue weighted by atomic mass is 35.5. The van der Waals surface area contributed by atoms with Gasteiger partial charge in [-0.2, -0.15) is 4.73 Å². The first-order chi connectivity index (χ1) is 13.8. The number of rotatable bonds is 7. The van der Waals surface area contributed by atoms with Gasteiger partial charge in [0.15, 0.2) is 6.61 Å². The molecule has 0 bridgehead atoms. The first-order valence-corrected chi connectivity index (χ1v) is 9.09. The van der Waals surface area contributed by atoms with E-state index in [-0.39, 0.29) is 12.4 Å². The molecule has 3 aromatic rings. The molecule has 0 aliphatic rings. The fourth-order valence-electron chi connectivity index (χ4n) is 3.10. The van der Waals surface area contributed by atoms with Crippen LogP contribution in [0.15, 0.2) is 48.5 Å². The van der Waals surface area contributed by atoms with Gasteiger partial charge >= 0.3 is 11.9 Å². The van der Waals surface area contributed by atoms with E-state index in [9.17, 15) is 19.5 Å². The van der Waals surface area contributed by atoms with Crippen molar-refractivity contribution in [1.82, 2.24) is 4.73 Å². The lowest BCUT2D eigenvalue weighted by atomic mass is 10.1. The summed E-state index contributed by atoms with van der Waals surface area (Å²) >= 11 is 5.84. The highest BCUT2D eigenvalue weighted by molar-refractivity contribution is 6.30. The van der Waals surface area contributed by atoms with E-state index in [0.717, 1.165) is 6.92 Å². The number of hydrogen-bond acceptors (Lipinski definition) is 5. The van der Waals surface area contributed by atoms with Crippen LogP contribution in [0.25, 0.3) is 10.9 Å². The van der Waals surface area contributed by atoms with Crippen LogP contribution >= 0.6 is 11.6 Å². The zero-order valence-corrected chi connectivity index (χ0v) is 16.5. The van der Waals surface area contributed by atoms with E-state index in [4.69, 9.17) is 21.2 Å². The molecule has 0 saturated carbocycles. The minimum atomic E-state index is -1.49. The number of hydrogen-bond donors (Lipinski definition) is 1. The predicted molar refractivity (Wildman–Crippen MR) is 106 cm³/mol. The first-order valence-electron chi connectivity index (χ1n) is 8.71. The van der Waals surface area contributed by atoms with Gasteiger partial charge in [0, 0.05) is 28.5 Å². The molecule has 7 nitrogen and oxygen atoms in total. The summed E-state index contributed by atoms with van der Waals surface area (Å²) in [6, 6.07) is 13.3. The van der Waals surface area contributed by atoms with E-state index in [2.05, 4.69) is 0 Å². The Balaban J connectivity index is 1.97. The monoisotopic (exact) mass is 415 g/mol. The van der Waals surface area contributed by atoms with Crippen molar-refractivity contribution in [2.75, 3.05) is 6.61 Å². The number of aliphatic carboxylic acids is 1. The number of ketones is 1. The van der Waals surface area contributed by atoms with Crippen LogP contribution < -0.4 is 4.84 Å². The molecule has 0 aliphatic carbocycles. The number of halogens is 1. The number of aromatic nitrogens is 1. The highest BCUT2D eigenvalue weighted by Gasteiger charge is 2.30. The van der Waals surface area contributed by atoms with Crippen LogP contribution in [-0.4, -0.2) is 34.2 Å². The van der Waals surface area contributed by atoms with Crippen molar-refractivity contribution in [3.63, 3.8) is 0 Å². The van der Waals surface area contributed by atoms with Gasteiger partial charge in [0.2, 0.25) is 11.9 Å². The van der Waals surface area contributed by atoms with Gasteiger partial charge in [-0.25, -0.2) is 4.79 Å². The number of esters is 1. The number of carboxylic acids is 1. The Labute approximate surface area is 171 Å². The number of nitrogens with zero attached hydrogens (tertiary/aromatic N) is 1. The summed E-state index contributed by atoms with van der Waals surface area (Å²) < 4.78 is 6.41. The molecular formula is C21H18ClNO6. The molecule has 1 N–H and O–H groups in total. The summed E-state index contributed by atoms with van der Waals surface area (Å²) in [5, 5.41) is 10.6. The van der Waals surface area contributed by atoms with Gasteiger partial charge in [-0.15, -0.1) is 0 Å². The zero-order chi connectivity index (χ0) is 21.1. The molecule has 0 radical (unpaired) electrons. The average Bonchev–Trinajstić information content (AvgIpc) is 2.95. The minimum absolute atomic E-state index is 0.268. The Kier molecular flexibility index (Phi) is 5.89. The third kappa shape index (κ3) is 4.25. The number of ether oxygens (including phenoxy) is 1. The number of benzene rings is 2. The lowest BCUT2D eigenvalue weighted by Crippen LogP contribution is -2.22. The first kappa shape index (κ1) is 20.4. The van der Waals surface area contributed by atoms with Crippen molar-refractivity contribution in [2.45, 2.75) is 20.0 Å². The molecule has 8 heteroatoms. The fourth-order valence-corrected chi connectivity index (χ4v) is 3.23. The van der Waals surface area contributed by atoms with Crippen LogP contribution in [0, 0.1) is 6.92 Å².